The normalized spacial score (nSPS) is 17.2. The first kappa shape index (κ1) is 20.1. The van der Waals surface area contributed by atoms with Crippen molar-refractivity contribution in [3.05, 3.63) is 34.9 Å². The van der Waals surface area contributed by atoms with Gasteiger partial charge in [-0.3, -0.25) is 9.69 Å². The number of sulfonamides is 1. The smallest absolute Gasteiger partial charge is 0.221 e. The van der Waals surface area contributed by atoms with Crippen molar-refractivity contribution in [3.8, 4) is 0 Å². The third kappa shape index (κ3) is 7.70. The Morgan fingerprint density at radius 2 is 1.92 bits per heavy atom. The van der Waals surface area contributed by atoms with Crippen molar-refractivity contribution in [1.29, 1.82) is 0 Å². The summed E-state index contributed by atoms with van der Waals surface area (Å²) in [5, 5.41) is 3.40. The van der Waals surface area contributed by atoms with Crippen LogP contribution in [-0.2, 0) is 19.6 Å². The van der Waals surface area contributed by atoms with E-state index in [-0.39, 0.29) is 12.3 Å². The first-order valence-corrected chi connectivity index (χ1v) is 10.4. The Balaban J connectivity index is 1.88. The van der Waals surface area contributed by atoms with Crippen LogP contribution in [0.2, 0.25) is 5.02 Å². The summed E-state index contributed by atoms with van der Waals surface area (Å²) in [5.41, 5.74) is 0.693. The molecule has 1 fully saturated rings. The molecule has 140 valence electrons. The van der Waals surface area contributed by atoms with Gasteiger partial charge >= 0.3 is 0 Å². The van der Waals surface area contributed by atoms with Crippen molar-refractivity contribution in [2.24, 2.45) is 0 Å². The lowest BCUT2D eigenvalue weighted by Crippen LogP contribution is -2.42. The van der Waals surface area contributed by atoms with E-state index in [1.807, 2.05) is 0 Å². The number of carbonyl (C=O) groups is 1. The molecule has 1 aliphatic heterocycles. The van der Waals surface area contributed by atoms with Crippen molar-refractivity contribution < 1.29 is 17.9 Å². The zero-order valence-corrected chi connectivity index (χ0v) is 15.8. The fourth-order valence-corrected chi connectivity index (χ4v) is 3.48. The van der Waals surface area contributed by atoms with Gasteiger partial charge in [0, 0.05) is 37.6 Å². The molecule has 1 saturated heterocycles. The standard InChI is InChI=1S/C16H24ClN3O4S/c1-25(22,23)19-15(13-2-4-14(17)5-3-13)12-16(21)18-6-7-20-8-10-24-11-9-20/h2-5,15,19H,6-12H2,1H3,(H,18,21)/t15-/m1/s1. The van der Waals surface area contributed by atoms with E-state index in [2.05, 4.69) is 14.9 Å². The van der Waals surface area contributed by atoms with E-state index in [9.17, 15) is 13.2 Å². The summed E-state index contributed by atoms with van der Waals surface area (Å²) < 4.78 is 31.0. The van der Waals surface area contributed by atoms with E-state index < -0.39 is 16.1 Å². The number of halogens is 1. The van der Waals surface area contributed by atoms with E-state index in [0.717, 1.165) is 25.9 Å². The van der Waals surface area contributed by atoms with Crippen LogP contribution in [-0.4, -0.2) is 64.9 Å². The second-order valence-corrected chi connectivity index (χ2v) is 8.22. The van der Waals surface area contributed by atoms with E-state index in [1.165, 1.54) is 0 Å². The van der Waals surface area contributed by atoms with Gasteiger partial charge in [0.1, 0.15) is 0 Å². The molecule has 9 heteroatoms. The van der Waals surface area contributed by atoms with Crippen LogP contribution in [0.3, 0.4) is 0 Å². The Kier molecular flexibility index (Phi) is 7.64. The molecular formula is C16H24ClN3O4S. The van der Waals surface area contributed by atoms with Gasteiger partial charge in [-0.1, -0.05) is 23.7 Å². The molecule has 0 bridgehead atoms. The SMILES string of the molecule is CS(=O)(=O)N[C@H](CC(=O)NCCN1CCOCC1)c1ccc(Cl)cc1. The minimum absolute atomic E-state index is 0.0256. The molecule has 1 aliphatic rings. The van der Waals surface area contributed by atoms with Gasteiger partial charge in [0.2, 0.25) is 15.9 Å². The number of amides is 1. The summed E-state index contributed by atoms with van der Waals surface area (Å²) in [7, 11) is -3.45. The largest absolute Gasteiger partial charge is 0.379 e. The highest BCUT2D eigenvalue weighted by Crippen LogP contribution is 2.20. The second kappa shape index (κ2) is 9.49. The third-order valence-corrected chi connectivity index (χ3v) is 4.84. The number of rotatable bonds is 8. The van der Waals surface area contributed by atoms with Gasteiger partial charge in [-0.2, -0.15) is 0 Å². The van der Waals surface area contributed by atoms with Crippen molar-refractivity contribution in [2.75, 3.05) is 45.6 Å². The molecule has 2 rings (SSSR count). The third-order valence-electron chi connectivity index (χ3n) is 3.87. The highest BCUT2D eigenvalue weighted by atomic mass is 35.5. The van der Waals surface area contributed by atoms with Gasteiger partial charge < -0.3 is 10.1 Å². The molecule has 0 unspecified atom stereocenters. The van der Waals surface area contributed by atoms with Gasteiger partial charge in [-0.15, -0.1) is 0 Å². The summed E-state index contributed by atoms with van der Waals surface area (Å²) in [5.74, 6) is -0.204. The average Bonchev–Trinajstić information content (AvgIpc) is 2.54. The molecular weight excluding hydrogens is 366 g/mol. The van der Waals surface area contributed by atoms with Crippen molar-refractivity contribution in [2.45, 2.75) is 12.5 Å². The fraction of sp³-hybridized carbons (Fsp3) is 0.562. The van der Waals surface area contributed by atoms with Crippen molar-refractivity contribution in [3.63, 3.8) is 0 Å². The number of nitrogens with one attached hydrogen (secondary N) is 2. The molecule has 1 heterocycles. The lowest BCUT2D eigenvalue weighted by molar-refractivity contribution is -0.121. The number of morpholine rings is 1. The minimum atomic E-state index is -3.45. The molecule has 0 radical (unpaired) electrons. The maximum atomic E-state index is 12.2. The molecule has 1 amide bonds. The van der Waals surface area contributed by atoms with E-state index in [0.29, 0.717) is 30.3 Å². The molecule has 2 N–H and O–H groups in total. The Morgan fingerprint density at radius 1 is 1.28 bits per heavy atom. The molecule has 0 saturated carbocycles. The van der Waals surface area contributed by atoms with Gasteiger partial charge in [0.15, 0.2) is 0 Å². The highest BCUT2D eigenvalue weighted by molar-refractivity contribution is 7.88. The van der Waals surface area contributed by atoms with E-state index in [1.54, 1.807) is 24.3 Å². The van der Waals surface area contributed by atoms with Crippen LogP contribution in [0.1, 0.15) is 18.0 Å². The maximum Gasteiger partial charge on any atom is 0.221 e. The topological polar surface area (TPSA) is 87.7 Å². The quantitative estimate of drug-likeness (QED) is 0.685. The predicted molar refractivity (Wildman–Crippen MR) is 97.1 cm³/mol. The Labute approximate surface area is 153 Å². The van der Waals surface area contributed by atoms with Crippen molar-refractivity contribution in [1.82, 2.24) is 14.9 Å². The number of hydrogen-bond donors (Lipinski definition) is 2. The van der Waals surface area contributed by atoms with Crippen LogP contribution >= 0.6 is 11.6 Å². The fourth-order valence-electron chi connectivity index (χ4n) is 2.62. The van der Waals surface area contributed by atoms with Gasteiger partial charge in [0.25, 0.3) is 0 Å². The summed E-state index contributed by atoms with van der Waals surface area (Å²) in [6.45, 7) is 4.42. The Morgan fingerprint density at radius 3 is 2.52 bits per heavy atom. The molecule has 25 heavy (non-hydrogen) atoms. The summed E-state index contributed by atoms with van der Waals surface area (Å²) >= 11 is 5.87. The average molecular weight is 390 g/mol. The Bertz CT molecular complexity index is 660. The Hall–Kier alpha value is -1.19. The van der Waals surface area contributed by atoms with Gasteiger partial charge in [-0.05, 0) is 17.7 Å². The van der Waals surface area contributed by atoms with Crippen LogP contribution in [0.25, 0.3) is 0 Å². The van der Waals surface area contributed by atoms with Crippen LogP contribution in [0, 0.1) is 0 Å². The monoisotopic (exact) mass is 389 g/mol. The first-order valence-electron chi connectivity index (χ1n) is 8.13. The molecule has 0 spiro atoms. The van der Waals surface area contributed by atoms with E-state index in [4.69, 9.17) is 16.3 Å². The maximum absolute atomic E-state index is 12.2. The zero-order valence-electron chi connectivity index (χ0n) is 14.2. The summed E-state index contributed by atoms with van der Waals surface area (Å²) in [6, 6.07) is 6.14. The minimum Gasteiger partial charge on any atom is -0.379 e. The lowest BCUT2D eigenvalue weighted by atomic mass is 10.0. The first-order chi connectivity index (χ1) is 11.8. The number of carbonyl (C=O) groups excluding carboxylic acids is 1. The molecule has 0 aliphatic carbocycles. The van der Waals surface area contributed by atoms with E-state index >= 15 is 0 Å². The number of ether oxygens (including phenoxy) is 1. The van der Waals surface area contributed by atoms with Crippen LogP contribution in [0.15, 0.2) is 24.3 Å². The van der Waals surface area contributed by atoms with Crippen LogP contribution in [0.4, 0.5) is 0 Å². The number of hydrogen-bond acceptors (Lipinski definition) is 5. The predicted octanol–water partition coefficient (Wildman–Crippen LogP) is 0.769. The molecule has 0 aromatic heterocycles. The highest BCUT2D eigenvalue weighted by Gasteiger charge is 2.20. The van der Waals surface area contributed by atoms with Gasteiger partial charge in [0.05, 0.1) is 25.5 Å². The van der Waals surface area contributed by atoms with Gasteiger partial charge in [-0.25, -0.2) is 13.1 Å². The number of nitrogens with zero attached hydrogens (tertiary/aromatic N) is 1. The zero-order chi connectivity index (χ0) is 18.3. The number of benzene rings is 1. The molecule has 1 atom stereocenters. The van der Waals surface area contributed by atoms with Crippen LogP contribution < -0.4 is 10.0 Å². The second-order valence-electron chi connectivity index (χ2n) is 6.00. The molecule has 7 nitrogen and oxygen atoms in total. The summed E-state index contributed by atoms with van der Waals surface area (Å²) in [6.07, 6.45) is 1.10. The van der Waals surface area contributed by atoms with Crippen molar-refractivity contribution >= 4 is 27.5 Å². The molecule has 1 aromatic carbocycles. The molecule has 1 aromatic rings. The van der Waals surface area contributed by atoms with Crippen LogP contribution in [0.5, 0.6) is 0 Å². The lowest BCUT2D eigenvalue weighted by Gasteiger charge is -2.26. The summed E-state index contributed by atoms with van der Waals surface area (Å²) in [4.78, 5) is 14.4.